The summed E-state index contributed by atoms with van der Waals surface area (Å²) in [6.07, 6.45) is 1.19. The van der Waals surface area contributed by atoms with Crippen LogP contribution in [0, 0.1) is 5.82 Å². The van der Waals surface area contributed by atoms with Gasteiger partial charge in [0.25, 0.3) is 5.56 Å². The molecule has 134 valence electrons. The minimum Gasteiger partial charge on any atom is -0.376 e. The molecule has 3 rings (SSSR count). The lowest BCUT2D eigenvalue weighted by atomic mass is 10.3. The number of aromatic nitrogens is 2. The largest absolute Gasteiger partial charge is 0.376 e. The number of nitrogens with zero attached hydrogens (tertiary/aromatic N) is 2. The third-order valence-electron chi connectivity index (χ3n) is 3.28. The summed E-state index contributed by atoms with van der Waals surface area (Å²) in [7, 11) is -4.25. The highest BCUT2D eigenvalue weighted by atomic mass is 35.5. The summed E-state index contributed by atoms with van der Waals surface area (Å²) in [6, 6.07) is 10.2. The second kappa shape index (κ2) is 7.06. The highest BCUT2D eigenvalue weighted by Crippen LogP contribution is 2.22. The number of benzene rings is 2. The van der Waals surface area contributed by atoms with Crippen molar-refractivity contribution in [2.45, 2.75) is 4.90 Å². The van der Waals surface area contributed by atoms with Crippen LogP contribution in [0.2, 0.25) is 10.0 Å². The Morgan fingerprint density at radius 3 is 2.35 bits per heavy atom. The Balaban J connectivity index is 1.94. The van der Waals surface area contributed by atoms with E-state index < -0.39 is 27.2 Å². The molecule has 0 amide bonds. The lowest BCUT2D eigenvalue weighted by Crippen LogP contribution is -2.21. The number of hydrogen-bond acceptors (Lipinski definition) is 5. The minimum absolute atomic E-state index is 0.00500. The maximum Gasteiger partial charge on any atom is 0.339 e. The van der Waals surface area contributed by atoms with Crippen molar-refractivity contribution in [2.24, 2.45) is 0 Å². The van der Waals surface area contributed by atoms with Crippen molar-refractivity contribution in [3.8, 4) is 11.4 Å². The molecular weight excluding hydrogens is 406 g/mol. The van der Waals surface area contributed by atoms with E-state index in [4.69, 9.17) is 27.4 Å². The summed E-state index contributed by atoms with van der Waals surface area (Å²) in [5.74, 6) is -1.22. The molecule has 0 radical (unpaired) electrons. The maximum atomic E-state index is 13.6. The van der Waals surface area contributed by atoms with Crippen LogP contribution in [0.1, 0.15) is 0 Å². The molecule has 0 unspecified atom stereocenters. The SMILES string of the molecule is O=c1c(Cl)c(Cl)cnn1-c1ccc(S(=O)(=O)Oc2ccccc2F)cc1. The molecule has 0 atom stereocenters. The van der Waals surface area contributed by atoms with Crippen LogP contribution < -0.4 is 9.74 Å². The molecule has 0 aliphatic heterocycles. The lowest BCUT2D eigenvalue weighted by molar-refractivity contribution is 0.461. The van der Waals surface area contributed by atoms with Gasteiger partial charge in [0.05, 0.1) is 16.9 Å². The highest BCUT2D eigenvalue weighted by molar-refractivity contribution is 7.87. The fraction of sp³-hybridized carbons (Fsp3) is 0. The van der Waals surface area contributed by atoms with E-state index in [-0.39, 0.29) is 20.6 Å². The molecule has 1 heterocycles. The van der Waals surface area contributed by atoms with E-state index in [2.05, 4.69) is 5.10 Å². The molecule has 2 aromatic carbocycles. The summed E-state index contributed by atoms with van der Waals surface area (Å²) in [5.41, 5.74) is -0.393. The smallest absolute Gasteiger partial charge is 0.339 e. The van der Waals surface area contributed by atoms with Crippen LogP contribution in [0.15, 0.2) is 64.4 Å². The molecule has 0 spiro atoms. The van der Waals surface area contributed by atoms with Gasteiger partial charge in [0, 0.05) is 0 Å². The van der Waals surface area contributed by atoms with Gasteiger partial charge in [0.2, 0.25) is 0 Å². The van der Waals surface area contributed by atoms with Crippen molar-refractivity contribution >= 4 is 33.3 Å². The molecule has 0 saturated heterocycles. The zero-order valence-corrected chi connectivity index (χ0v) is 15.1. The fourth-order valence-corrected chi connectivity index (χ4v) is 3.22. The Bertz CT molecular complexity index is 1130. The number of para-hydroxylation sites is 1. The number of hydrogen-bond donors (Lipinski definition) is 0. The summed E-state index contributed by atoms with van der Waals surface area (Å²) >= 11 is 11.5. The standard InChI is InChI=1S/C16H9Cl2FN2O4S/c17-12-9-20-21(16(22)15(12)18)10-5-7-11(8-6-10)26(23,24)25-14-4-2-1-3-13(14)19/h1-9H. The first-order valence-corrected chi connectivity index (χ1v) is 9.19. The average Bonchev–Trinajstić information content (AvgIpc) is 2.62. The molecule has 1 aromatic heterocycles. The van der Waals surface area contributed by atoms with Gasteiger partial charge in [-0.1, -0.05) is 35.3 Å². The average molecular weight is 415 g/mol. The van der Waals surface area contributed by atoms with Gasteiger partial charge in [-0.05, 0) is 36.4 Å². The lowest BCUT2D eigenvalue weighted by Gasteiger charge is -2.09. The summed E-state index contributed by atoms with van der Waals surface area (Å²) in [4.78, 5) is 11.8. The van der Waals surface area contributed by atoms with Crippen molar-refractivity contribution in [1.29, 1.82) is 0 Å². The van der Waals surface area contributed by atoms with Crippen LogP contribution in [-0.4, -0.2) is 18.2 Å². The van der Waals surface area contributed by atoms with Gasteiger partial charge in [0.15, 0.2) is 11.6 Å². The van der Waals surface area contributed by atoms with Gasteiger partial charge in [-0.15, -0.1) is 0 Å². The first-order valence-electron chi connectivity index (χ1n) is 7.02. The Hall–Kier alpha value is -2.42. The predicted octanol–water partition coefficient (Wildman–Crippen LogP) is 3.45. The number of halogens is 3. The fourth-order valence-electron chi connectivity index (χ4n) is 2.03. The van der Waals surface area contributed by atoms with Gasteiger partial charge < -0.3 is 4.18 Å². The van der Waals surface area contributed by atoms with Crippen LogP contribution in [0.5, 0.6) is 5.75 Å². The quantitative estimate of drug-likeness (QED) is 0.610. The van der Waals surface area contributed by atoms with E-state index in [1.165, 1.54) is 48.7 Å². The van der Waals surface area contributed by atoms with Crippen molar-refractivity contribution in [2.75, 3.05) is 0 Å². The van der Waals surface area contributed by atoms with E-state index >= 15 is 0 Å². The van der Waals surface area contributed by atoms with Crippen molar-refractivity contribution in [3.63, 3.8) is 0 Å². The van der Waals surface area contributed by atoms with Gasteiger partial charge in [-0.3, -0.25) is 4.79 Å². The summed E-state index contributed by atoms with van der Waals surface area (Å²) < 4.78 is 43.8. The van der Waals surface area contributed by atoms with E-state index in [0.29, 0.717) is 0 Å². The molecule has 26 heavy (non-hydrogen) atoms. The molecule has 10 heteroatoms. The first kappa shape index (κ1) is 18.4. The van der Waals surface area contributed by atoms with Gasteiger partial charge >= 0.3 is 10.1 Å². The first-order chi connectivity index (χ1) is 12.3. The molecular formula is C16H9Cl2FN2O4S. The second-order valence-electron chi connectivity index (χ2n) is 4.99. The zero-order valence-electron chi connectivity index (χ0n) is 12.8. The van der Waals surface area contributed by atoms with E-state index in [0.717, 1.165) is 10.7 Å². The third kappa shape index (κ3) is 3.57. The number of rotatable bonds is 4. The molecule has 0 bridgehead atoms. The van der Waals surface area contributed by atoms with E-state index in [1.807, 2.05) is 0 Å². The predicted molar refractivity (Wildman–Crippen MR) is 94.1 cm³/mol. The summed E-state index contributed by atoms with van der Waals surface area (Å²) in [5, 5.41) is 3.64. The molecule has 0 aliphatic carbocycles. The molecule has 0 aliphatic rings. The molecule has 0 fully saturated rings. The van der Waals surface area contributed by atoms with Crippen molar-refractivity contribution < 1.29 is 17.0 Å². The highest BCUT2D eigenvalue weighted by Gasteiger charge is 2.19. The third-order valence-corrected chi connectivity index (χ3v) is 5.28. The zero-order chi connectivity index (χ0) is 18.9. The van der Waals surface area contributed by atoms with Crippen LogP contribution >= 0.6 is 23.2 Å². The van der Waals surface area contributed by atoms with Gasteiger partial charge in [-0.25, -0.2) is 4.39 Å². The topological polar surface area (TPSA) is 78.3 Å². The normalized spacial score (nSPS) is 11.3. The molecule has 0 saturated carbocycles. The molecule has 6 nitrogen and oxygen atoms in total. The van der Waals surface area contributed by atoms with Crippen LogP contribution in [-0.2, 0) is 10.1 Å². The van der Waals surface area contributed by atoms with Gasteiger partial charge in [-0.2, -0.15) is 18.2 Å². The van der Waals surface area contributed by atoms with Crippen LogP contribution in [0.3, 0.4) is 0 Å². The van der Waals surface area contributed by atoms with E-state index in [9.17, 15) is 17.6 Å². The Kier molecular flexibility index (Phi) is 4.99. The Morgan fingerprint density at radius 1 is 1.04 bits per heavy atom. The van der Waals surface area contributed by atoms with Crippen LogP contribution in [0.25, 0.3) is 5.69 Å². The Morgan fingerprint density at radius 2 is 1.69 bits per heavy atom. The maximum absolute atomic E-state index is 13.6. The second-order valence-corrected chi connectivity index (χ2v) is 7.32. The molecule has 3 aromatic rings. The van der Waals surface area contributed by atoms with Gasteiger partial charge in [0.1, 0.15) is 9.92 Å². The monoisotopic (exact) mass is 414 g/mol. The van der Waals surface area contributed by atoms with Crippen molar-refractivity contribution in [3.05, 3.63) is 80.9 Å². The summed E-state index contributed by atoms with van der Waals surface area (Å²) in [6.45, 7) is 0. The molecule has 0 N–H and O–H groups in total. The van der Waals surface area contributed by atoms with Crippen molar-refractivity contribution in [1.82, 2.24) is 9.78 Å². The van der Waals surface area contributed by atoms with Crippen LogP contribution in [0.4, 0.5) is 4.39 Å². The van der Waals surface area contributed by atoms with E-state index in [1.54, 1.807) is 0 Å². The minimum atomic E-state index is -4.25. The Labute approximate surface area is 157 Å².